The van der Waals surface area contributed by atoms with Gasteiger partial charge in [0.15, 0.2) is 0 Å². The summed E-state index contributed by atoms with van der Waals surface area (Å²) in [5.74, 6) is 1.15. The molecule has 2 aromatic heterocycles. The van der Waals surface area contributed by atoms with Crippen molar-refractivity contribution in [1.29, 1.82) is 0 Å². The number of fused-ring (bicyclic) bond motifs is 1. The van der Waals surface area contributed by atoms with Gasteiger partial charge < -0.3 is 25.4 Å². The first kappa shape index (κ1) is 32.8. The number of rotatable bonds is 8. The van der Waals surface area contributed by atoms with E-state index in [0.717, 1.165) is 47.7 Å². The zero-order valence-electron chi connectivity index (χ0n) is 24.7. The van der Waals surface area contributed by atoms with Crippen molar-refractivity contribution in [3.63, 3.8) is 0 Å². The molecule has 3 N–H and O–H groups in total. The van der Waals surface area contributed by atoms with Crippen molar-refractivity contribution in [3.05, 3.63) is 53.9 Å². The molecule has 1 saturated heterocycles. The van der Waals surface area contributed by atoms with E-state index < -0.39 is 6.04 Å². The number of pyridine rings is 2. The normalized spacial score (nSPS) is 15.1. The monoisotopic (exact) mass is 569 g/mol. The highest BCUT2D eigenvalue weighted by Crippen LogP contribution is 2.28. The zero-order valence-corrected chi connectivity index (χ0v) is 25.5. The average molecular weight is 570 g/mol. The van der Waals surface area contributed by atoms with Crippen molar-refractivity contribution < 1.29 is 19.4 Å². The van der Waals surface area contributed by atoms with Gasteiger partial charge in [0.05, 0.1) is 6.61 Å². The maximum absolute atomic E-state index is 12.7. The topological polar surface area (TPSA) is 122 Å². The predicted molar refractivity (Wildman–Crippen MR) is 164 cm³/mol. The number of carbonyl (C=O) groups is 2. The number of benzene rings is 1. The van der Waals surface area contributed by atoms with Crippen LogP contribution in [-0.2, 0) is 27.2 Å². The Balaban J connectivity index is 0.000000360. The van der Waals surface area contributed by atoms with Crippen LogP contribution in [0.4, 0.5) is 11.6 Å². The number of ether oxygens (including phenoxy) is 1. The summed E-state index contributed by atoms with van der Waals surface area (Å²) < 4.78 is 5.29. The lowest BCUT2D eigenvalue weighted by Gasteiger charge is -2.27. The number of carbonyl (C=O) groups excluding carboxylic acids is 2. The number of aryl methyl sites for hydroxylation is 1. The summed E-state index contributed by atoms with van der Waals surface area (Å²) >= 11 is 1.71. The summed E-state index contributed by atoms with van der Waals surface area (Å²) in [5, 5.41) is 8.90. The van der Waals surface area contributed by atoms with E-state index in [1.54, 1.807) is 29.8 Å². The first-order chi connectivity index (χ1) is 19.2. The number of hydrogen-bond acceptors (Lipinski definition) is 9. The molecule has 2 unspecified atom stereocenters. The van der Waals surface area contributed by atoms with Gasteiger partial charge in [-0.1, -0.05) is 19.9 Å². The third kappa shape index (κ3) is 8.32. The molecule has 0 bridgehead atoms. The number of hydrogen-bond donors (Lipinski definition) is 2. The molecule has 0 spiro atoms. The van der Waals surface area contributed by atoms with Gasteiger partial charge in [0, 0.05) is 62.8 Å². The van der Waals surface area contributed by atoms with Gasteiger partial charge in [-0.15, -0.1) is 11.8 Å². The van der Waals surface area contributed by atoms with E-state index in [9.17, 15) is 9.59 Å². The highest BCUT2D eigenvalue weighted by molar-refractivity contribution is 7.98. The number of nitrogens with zero attached hydrogens (tertiary/aromatic N) is 4. The molecule has 1 aromatic carbocycles. The number of aromatic nitrogens is 2. The number of esters is 1. The smallest absolute Gasteiger partial charge is 0.329 e. The second kappa shape index (κ2) is 16.0. The minimum absolute atomic E-state index is 0.0281. The second-order valence-electron chi connectivity index (χ2n) is 9.54. The lowest BCUT2D eigenvalue weighted by atomic mass is 9.94. The molecule has 4 rings (SSSR count). The lowest BCUT2D eigenvalue weighted by molar-refractivity contribution is -0.153. The number of anilines is 2. The Kier molecular flexibility index (Phi) is 13.2. The van der Waals surface area contributed by atoms with Crippen molar-refractivity contribution in [1.82, 2.24) is 14.9 Å². The second-order valence-corrected chi connectivity index (χ2v) is 10.4. The van der Waals surface area contributed by atoms with Crippen molar-refractivity contribution in [3.8, 4) is 0 Å². The molecule has 2 atom stereocenters. The van der Waals surface area contributed by atoms with Crippen LogP contribution in [0.5, 0.6) is 0 Å². The first-order valence-corrected chi connectivity index (χ1v) is 14.7. The largest absolute Gasteiger partial charge is 0.464 e. The summed E-state index contributed by atoms with van der Waals surface area (Å²) in [4.78, 5) is 38.5. The Morgan fingerprint density at radius 3 is 2.45 bits per heavy atom. The Labute approximate surface area is 242 Å². The first-order valence-electron chi connectivity index (χ1n) is 13.4. The molecule has 9 nitrogen and oxygen atoms in total. The van der Waals surface area contributed by atoms with E-state index in [0.29, 0.717) is 25.4 Å². The third-order valence-corrected chi connectivity index (χ3v) is 7.48. The molecule has 1 amide bonds. The van der Waals surface area contributed by atoms with Crippen LogP contribution in [0.3, 0.4) is 0 Å². The molecular weight excluding hydrogens is 526 g/mol. The number of thioether (sulfide) groups is 1. The van der Waals surface area contributed by atoms with Crippen molar-refractivity contribution >= 4 is 46.0 Å². The molecule has 0 radical (unpaired) electrons. The number of aliphatic hydroxyl groups is 1. The zero-order chi connectivity index (χ0) is 29.8. The number of amides is 1. The number of nitrogen functional groups attached to an aromatic ring is 1. The third-order valence-electron chi connectivity index (χ3n) is 6.77. The van der Waals surface area contributed by atoms with Gasteiger partial charge in [-0.2, -0.15) is 0 Å². The summed E-state index contributed by atoms with van der Waals surface area (Å²) in [6.45, 7) is 6.66. The minimum atomic E-state index is -0.593. The van der Waals surface area contributed by atoms with Crippen LogP contribution in [0, 0.1) is 5.92 Å². The fourth-order valence-corrected chi connectivity index (χ4v) is 4.90. The fraction of sp³-hybridized carbons (Fsp3) is 0.467. The molecule has 0 aliphatic carbocycles. The van der Waals surface area contributed by atoms with Crippen LogP contribution in [0.25, 0.3) is 10.8 Å². The molecule has 1 aliphatic heterocycles. The van der Waals surface area contributed by atoms with Crippen molar-refractivity contribution in [2.45, 2.75) is 51.0 Å². The lowest BCUT2D eigenvalue weighted by Crippen LogP contribution is -2.45. The maximum atomic E-state index is 12.7. The molecule has 3 aromatic rings. The van der Waals surface area contributed by atoms with Crippen LogP contribution >= 0.6 is 11.8 Å². The van der Waals surface area contributed by atoms with E-state index in [1.807, 2.05) is 56.6 Å². The van der Waals surface area contributed by atoms with Crippen LogP contribution in [0.2, 0.25) is 0 Å². The summed E-state index contributed by atoms with van der Waals surface area (Å²) in [6.07, 6.45) is 7.64. The highest BCUT2D eigenvalue weighted by Gasteiger charge is 2.37. The fourth-order valence-electron chi connectivity index (χ4n) is 4.54. The highest BCUT2D eigenvalue weighted by atomic mass is 32.2. The minimum Gasteiger partial charge on any atom is -0.464 e. The number of likely N-dealkylation sites (tertiary alicyclic amines) is 1. The van der Waals surface area contributed by atoms with Gasteiger partial charge in [-0.05, 0) is 66.8 Å². The summed E-state index contributed by atoms with van der Waals surface area (Å²) in [7, 11) is 4.97. The Hall–Kier alpha value is -3.37. The molecule has 0 saturated carbocycles. The van der Waals surface area contributed by atoms with Gasteiger partial charge in [-0.3, -0.25) is 4.79 Å². The average Bonchev–Trinajstić information content (AvgIpc) is 3.30. The SMILES string of the molecule is CCOC(=O)C(Cc1cc2ccnc(N)c2cc1CC)N1CCC(C)C1=O.CO.CSc1ccc(N(C)C)nc1. The Bertz CT molecular complexity index is 1250. The van der Waals surface area contributed by atoms with Crippen molar-refractivity contribution in [2.75, 3.05) is 51.2 Å². The van der Waals surface area contributed by atoms with E-state index in [1.165, 1.54) is 4.90 Å². The van der Waals surface area contributed by atoms with Gasteiger partial charge in [0.25, 0.3) is 0 Å². The quantitative estimate of drug-likeness (QED) is 0.304. The van der Waals surface area contributed by atoms with E-state index >= 15 is 0 Å². The van der Waals surface area contributed by atoms with Gasteiger partial charge in [0.2, 0.25) is 5.91 Å². The van der Waals surface area contributed by atoms with E-state index in [2.05, 4.69) is 29.0 Å². The standard InChI is InChI=1S/C21H27N3O3.C8H12N2S.CH4O/c1-4-14-11-17-15(6-8-23-19(17)22)10-16(14)12-18(21(26)27-5-2)24-9-7-13(3)20(24)25;1-10(2)8-5-4-7(11-3)6-9-8;1-2/h6,8,10-11,13,18H,4-5,7,9,12H2,1-3H3,(H2,22,23);4-6H,1-3H3;2H,1H3. The molecule has 3 heterocycles. The molecular formula is C30H43N5O4S. The Morgan fingerprint density at radius 1 is 1.20 bits per heavy atom. The van der Waals surface area contributed by atoms with Crippen molar-refractivity contribution in [2.24, 2.45) is 5.92 Å². The maximum Gasteiger partial charge on any atom is 0.329 e. The van der Waals surface area contributed by atoms with Crippen LogP contribution in [0.1, 0.15) is 38.3 Å². The van der Waals surface area contributed by atoms with Gasteiger partial charge in [-0.25, -0.2) is 14.8 Å². The van der Waals surface area contributed by atoms with E-state index in [4.69, 9.17) is 15.6 Å². The summed E-state index contributed by atoms with van der Waals surface area (Å²) in [6, 6.07) is 9.52. The van der Waals surface area contributed by atoms with Crippen LogP contribution in [-0.4, -0.2) is 78.5 Å². The number of nitrogens with two attached hydrogens (primary N) is 1. The van der Waals surface area contributed by atoms with Crippen LogP contribution < -0.4 is 10.6 Å². The van der Waals surface area contributed by atoms with E-state index in [-0.39, 0.29) is 17.8 Å². The number of aliphatic hydroxyl groups excluding tert-OH is 1. The summed E-state index contributed by atoms with van der Waals surface area (Å²) in [5.41, 5.74) is 8.16. The predicted octanol–water partition coefficient (Wildman–Crippen LogP) is 4.20. The molecule has 1 fully saturated rings. The van der Waals surface area contributed by atoms with Gasteiger partial charge >= 0.3 is 5.97 Å². The van der Waals surface area contributed by atoms with Gasteiger partial charge in [0.1, 0.15) is 17.7 Å². The molecule has 1 aliphatic rings. The van der Waals surface area contributed by atoms with Crippen LogP contribution in [0.15, 0.2) is 47.6 Å². The molecule has 218 valence electrons. The molecule has 10 heteroatoms. The Morgan fingerprint density at radius 2 is 1.93 bits per heavy atom. The molecule has 40 heavy (non-hydrogen) atoms.